The Morgan fingerprint density at radius 3 is 0.810 bits per heavy atom. The van der Waals surface area contributed by atoms with E-state index in [0.717, 1.165) is 78.6 Å². The predicted octanol–water partition coefficient (Wildman–Crippen LogP) is 15.0. The van der Waals surface area contributed by atoms with E-state index < -0.39 is 16.7 Å². The van der Waals surface area contributed by atoms with Crippen molar-refractivity contribution in [2.75, 3.05) is 30.5 Å². The van der Waals surface area contributed by atoms with E-state index >= 15 is 0 Å². The van der Waals surface area contributed by atoms with Crippen molar-refractivity contribution in [3.05, 3.63) is 217 Å². The molecule has 0 atom stereocenters. The molecule has 0 aliphatic rings. The number of hydrogen-bond donors (Lipinski definition) is 6. The van der Waals surface area contributed by atoms with Crippen LogP contribution in [0.5, 0.6) is 0 Å². The molecule has 6 N–H and O–H groups in total. The van der Waals surface area contributed by atoms with Gasteiger partial charge >= 0.3 is 0 Å². The van der Waals surface area contributed by atoms with Crippen molar-refractivity contribution in [3.8, 4) is 33.4 Å². The second-order valence-corrected chi connectivity index (χ2v) is 16.6. The lowest BCUT2D eigenvalue weighted by atomic mass is 9.87. The van der Waals surface area contributed by atoms with Gasteiger partial charge in [0.1, 0.15) is 0 Å². The van der Waals surface area contributed by atoms with Crippen molar-refractivity contribution in [1.29, 1.82) is 0 Å². The summed E-state index contributed by atoms with van der Waals surface area (Å²) in [7, 11) is -2.52. The first-order chi connectivity index (χ1) is 28.6. The van der Waals surface area contributed by atoms with Crippen LogP contribution in [0.4, 0.5) is 34.1 Å². The second-order valence-electron chi connectivity index (χ2n) is 13.9. The molecule has 6 nitrogen and oxygen atoms in total. The van der Waals surface area contributed by atoms with Crippen LogP contribution < -0.4 is 30.5 Å². The van der Waals surface area contributed by atoms with E-state index in [1.807, 2.05) is 24.3 Å². The van der Waals surface area contributed by atoms with Crippen molar-refractivity contribution in [2.24, 2.45) is 0 Å². The molecule has 0 saturated heterocycles. The van der Waals surface area contributed by atoms with Crippen molar-refractivity contribution >= 4 is 50.9 Å². The molecule has 0 amide bonds. The molecule has 0 radical (unpaired) electrons. The number of benzene rings is 8. The molecule has 0 saturated carbocycles. The summed E-state index contributed by atoms with van der Waals surface area (Å²) >= 11 is 0. The fourth-order valence-corrected chi connectivity index (χ4v) is 9.84. The van der Waals surface area contributed by atoms with E-state index in [9.17, 15) is 0 Å². The van der Waals surface area contributed by atoms with Gasteiger partial charge in [-0.05, 0) is 84.6 Å². The zero-order chi connectivity index (χ0) is 39.5. The molecular weight excluding hydrogens is 747 g/mol. The average Bonchev–Trinajstić information content (AvgIpc) is 3.26. The van der Waals surface area contributed by atoms with Crippen molar-refractivity contribution in [3.63, 3.8) is 0 Å². The number of anilines is 6. The summed E-state index contributed by atoms with van der Waals surface area (Å²) in [4.78, 5) is 0. The van der Waals surface area contributed by atoms with Gasteiger partial charge in [0.15, 0.2) is 16.7 Å². The number of aryl methyl sites for hydroxylation is 2. The van der Waals surface area contributed by atoms with E-state index in [1.54, 1.807) is 0 Å². The Hall–Kier alpha value is -6.58. The highest BCUT2D eigenvalue weighted by atomic mass is 31.2. The van der Waals surface area contributed by atoms with Crippen LogP contribution in [0.25, 0.3) is 33.4 Å². The summed E-state index contributed by atoms with van der Waals surface area (Å²) < 4.78 is 0. The lowest BCUT2D eigenvalue weighted by Gasteiger charge is -2.30. The third-order valence-corrected chi connectivity index (χ3v) is 12.6. The van der Waals surface area contributed by atoms with Gasteiger partial charge in [-0.25, -0.2) is 0 Å². The van der Waals surface area contributed by atoms with Crippen LogP contribution in [-0.2, 0) is 0 Å². The van der Waals surface area contributed by atoms with E-state index in [2.05, 4.69) is 226 Å². The molecular formula is C50H46N6P2. The normalized spacial score (nSPS) is 10.9. The SMILES string of the molecule is Cc1ccc(-c2ccccc2)c(NP(Nc2ccccc2)Nc2ccccc2)c1-c1c(C)ccc(-c2ccccc2)c1NP(Nc1ccccc1)Nc1ccccc1. The fraction of sp³-hybridized carbons (Fsp3) is 0.0400. The maximum atomic E-state index is 4.09. The number of hydrogen-bond acceptors (Lipinski definition) is 6. The lowest BCUT2D eigenvalue weighted by molar-refractivity contribution is 1.40. The zero-order valence-electron chi connectivity index (χ0n) is 32.5. The highest BCUT2D eigenvalue weighted by Crippen LogP contribution is 2.52. The summed E-state index contributed by atoms with van der Waals surface area (Å²) in [5.41, 5.74) is 15.2. The Kier molecular flexibility index (Phi) is 12.3. The first-order valence-corrected chi connectivity index (χ1v) is 22.1. The molecule has 8 aromatic rings. The Bertz CT molecular complexity index is 2260. The Morgan fingerprint density at radius 1 is 0.276 bits per heavy atom. The number of rotatable bonds is 15. The molecule has 0 aliphatic heterocycles. The van der Waals surface area contributed by atoms with Gasteiger partial charge < -0.3 is 30.5 Å². The Labute approximate surface area is 344 Å². The third-order valence-electron chi connectivity index (χ3n) is 9.75. The van der Waals surface area contributed by atoms with Gasteiger partial charge in [-0.1, -0.05) is 158 Å². The first-order valence-electron chi connectivity index (χ1n) is 19.4. The van der Waals surface area contributed by atoms with Crippen molar-refractivity contribution in [2.45, 2.75) is 13.8 Å². The van der Waals surface area contributed by atoms with E-state index in [4.69, 9.17) is 0 Å². The summed E-state index contributed by atoms with van der Waals surface area (Å²) in [6.07, 6.45) is 0. The molecule has 0 spiro atoms. The van der Waals surface area contributed by atoms with Crippen molar-refractivity contribution < 1.29 is 0 Å². The highest BCUT2D eigenvalue weighted by molar-refractivity contribution is 7.62. The van der Waals surface area contributed by atoms with Gasteiger partial charge in [-0.15, -0.1) is 0 Å². The Morgan fingerprint density at radius 2 is 0.534 bits per heavy atom. The highest BCUT2D eigenvalue weighted by Gasteiger charge is 2.26. The zero-order valence-corrected chi connectivity index (χ0v) is 34.3. The van der Waals surface area contributed by atoms with Crippen LogP contribution in [0, 0.1) is 13.8 Å². The molecule has 8 rings (SSSR count). The van der Waals surface area contributed by atoms with Crippen LogP contribution >= 0.6 is 16.7 Å². The van der Waals surface area contributed by atoms with Crippen LogP contribution in [0.15, 0.2) is 206 Å². The van der Waals surface area contributed by atoms with Crippen LogP contribution in [0.2, 0.25) is 0 Å². The number of para-hydroxylation sites is 4. The minimum absolute atomic E-state index is 1.02. The van der Waals surface area contributed by atoms with Gasteiger partial charge in [0.05, 0.1) is 11.4 Å². The standard InChI is InChI=1S/C50H46N6P2/c1-37-33-35-45(39-21-9-3-10-22-39)49(55-57(51-41-25-13-5-14-26-41)52-42-27-15-6-16-28-42)47(37)48-38(2)34-36-46(40-23-11-4-12-24-40)50(48)56-58(53-43-29-17-7-18-30-43)54-44-31-19-8-20-32-44/h3-36,51-56H,1-2H3. The molecule has 8 aromatic carbocycles. The Balaban J connectivity index is 1.34. The number of nitrogens with one attached hydrogen (secondary N) is 6. The molecule has 0 heterocycles. The summed E-state index contributed by atoms with van der Waals surface area (Å²) in [6.45, 7) is 4.44. The van der Waals surface area contributed by atoms with E-state index in [0.29, 0.717) is 0 Å². The molecule has 0 aliphatic carbocycles. The molecule has 0 unspecified atom stereocenters. The first kappa shape index (κ1) is 38.3. The maximum Gasteiger partial charge on any atom is 0.200 e. The summed E-state index contributed by atoms with van der Waals surface area (Å²) in [6, 6.07) is 71.9. The quantitative estimate of drug-likeness (QED) is 0.0581. The topological polar surface area (TPSA) is 72.2 Å². The van der Waals surface area contributed by atoms with Gasteiger partial charge in [-0.2, -0.15) is 0 Å². The molecule has 0 fully saturated rings. The largest absolute Gasteiger partial charge is 0.331 e. The van der Waals surface area contributed by atoms with Gasteiger partial charge in [0.25, 0.3) is 0 Å². The minimum atomic E-state index is -1.26. The summed E-state index contributed by atoms with van der Waals surface area (Å²) in [5.74, 6) is 0. The average molecular weight is 793 g/mol. The van der Waals surface area contributed by atoms with Crippen molar-refractivity contribution in [1.82, 2.24) is 0 Å². The monoisotopic (exact) mass is 792 g/mol. The fourth-order valence-electron chi connectivity index (χ4n) is 6.97. The molecule has 286 valence electrons. The van der Waals surface area contributed by atoms with Gasteiger partial charge in [-0.3, -0.25) is 0 Å². The van der Waals surface area contributed by atoms with E-state index in [-0.39, 0.29) is 0 Å². The molecule has 8 heteroatoms. The predicted molar refractivity (Wildman–Crippen MR) is 254 cm³/mol. The van der Waals surface area contributed by atoms with E-state index in [1.165, 1.54) is 0 Å². The second kappa shape index (κ2) is 18.6. The summed E-state index contributed by atoms with van der Waals surface area (Å²) in [5, 5.41) is 23.4. The van der Waals surface area contributed by atoms with Crippen LogP contribution in [-0.4, -0.2) is 0 Å². The molecule has 58 heavy (non-hydrogen) atoms. The molecule has 0 aromatic heterocycles. The maximum absolute atomic E-state index is 4.09. The van der Waals surface area contributed by atoms with Crippen LogP contribution in [0.1, 0.15) is 11.1 Å². The lowest BCUT2D eigenvalue weighted by Crippen LogP contribution is -2.13. The molecule has 0 bridgehead atoms. The third kappa shape index (κ3) is 9.33. The smallest absolute Gasteiger partial charge is 0.200 e. The van der Waals surface area contributed by atoms with Gasteiger partial charge in [0, 0.05) is 45.0 Å². The minimum Gasteiger partial charge on any atom is -0.331 e. The van der Waals surface area contributed by atoms with Crippen LogP contribution in [0.3, 0.4) is 0 Å². The van der Waals surface area contributed by atoms with Gasteiger partial charge in [0.2, 0.25) is 0 Å².